The van der Waals surface area contributed by atoms with Crippen LogP contribution < -0.4 is 5.32 Å². The number of carbonyl (C=O) groups excluding carboxylic acids is 1. The quantitative estimate of drug-likeness (QED) is 0.792. The highest BCUT2D eigenvalue weighted by Crippen LogP contribution is 2.26. The second-order valence-corrected chi connectivity index (χ2v) is 6.26. The molecular formula is C18H18Cl2FNO. The minimum absolute atomic E-state index is 0.0927. The van der Waals surface area contributed by atoms with Crippen molar-refractivity contribution in [3.63, 3.8) is 0 Å². The molecular weight excluding hydrogens is 336 g/mol. The first-order valence-electron chi connectivity index (χ1n) is 7.43. The summed E-state index contributed by atoms with van der Waals surface area (Å²) in [4.78, 5) is 12.0. The van der Waals surface area contributed by atoms with Gasteiger partial charge in [0.15, 0.2) is 0 Å². The predicted octanol–water partition coefficient (Wildman–Crippen LogP) is 4.81. The summed E-state index contributed by atoms with van der Waals surface area (Å²) in [6.07, 6.45) is 1.27. The monoisotopic (exact) mass is 353 g/mol. The summed E-state index contributed by atoms with van der Waals surface area (Å²) in [5.41, 5.74) is 1.44. The van der Waals surface area contributed by atoms with Crippen molar-refractivity contribution in [1.82, 2.24) is 5.32 Å². The van der Waals surface area contributed by atoms with Gasteiger partial charge in [0.25, 0.3) is 0 Å². The van der Waals surface area contributed by atoms with Crippen molar-refractivity contribution in [2.75, 3.05) is 0 Å². The molecule has 0 aliphatic heterocycles. The molecule has 2 nitrogen and oxygen atoms in total. The van der Waals surface area contributed by atoms with Crippen LogP contribution in [0.2, 0.25) is 10.0 Å². The number of halogens is 3. The number of aryl methyl sites for hydroxylation is 1. The minimum Gasteiger partial charge on any atom is -0.353 e. The first-order chi connectivity index (χ1) is 11.0. The number of hydrogen-bond donors (Lipinski definition) is 1. The van der Waals surface area contributed by atoms with Gasteiger partial charge in [-0.25, -0.2) is 4.39 Å². The second-order valence-electron chi connectivity index (χ2n) is 5.48. The summed E-state index contributed by atoms with van der Waals surface area (Å²) >= 11 is 12.1. The van der Waals surface area contributed by atoms with Crippen LogP contribution >= 0.6 is 23.2 Å². The maximum Gasteiger partial charge on any atom is 0.220 e. The lowest BCUT2D eigenvalue weighted by Crippen LogP contribution is -2.34. The zero-order valence-electron chi connectivity index (χ0n) is 12.8. The maximum atomic E-state index is 13.6. The fourth-order valence-electron chi connectivity index (χ4n) is 2.38. The van der Waals surface area contributed by atoms with Gasteiger partial charge in [-0.1, -0.05) is 53.5 Å². The average molecular weight is 354 g/mol. The summed E-state index contributed by atoms with van der Waals surface area (Å²) in [6, 6.07) is 11.8. The lowest BCUT2D eigenvalue weighted by molar-refractivity contribution is -0.121. The molecule has 0 radical (unpaired) electrons. The van der Waals surface area contributed by atoms with Crippen molar-refractivity contribution in [3.05, 3.63) is 69.5 Å². The largest absolute Gasteiger partial charge is 0.353 e. The molecule has 0 heterocycles. The number of benzene rings is 2. The SMILES string of the molecule is CC(Cc1ccccc1F)NC(=O)CCc1cccc(Cl)c1Cl. The first kappa shape index (κ1) is 17.8. The Kier molecular flexibility index (Phi) is 6.43. The molecule has 0 aliphatic rings. The number of amides is 1. The van der Waals surface area contributed by atoms with Crippen LogP contribution in [-0.4, -0.2) is 11.9 Å². The van der Waals surface area contributed by atoms with Crippen LogP contribution in [0.15, 0.2) is 42.5 Å². The third-order valence-electron chi connectivity index (χ3n) is 3.54. The van der Waals surface area contributed by atoms with E-state index in [4.69, 9.17) is 23.2 Å². The van der Waals surface area contributed by atoms with Gasteiger partial charge in [-0.15, -0.1) is 0 Å². The molecule has 0 saturated heterocycles. The number of rotatable bonds is 6. The Balaban J connectivity index is 1.85. The number of carbonyl (C=O) groups is 1. The summed E-state index contributed by atoms with van der Waals surface area (Å²) in [6.45, 7) is 1.86. The molecule has 2 aromatic rings. The van der Waals surface area contributed by atoms with E-state index in [2.05, 4.69) is 5.32 Å². The Bertz CT molecular complexity index is 690. The molecule has 0 saturated carbocycles. The molecule has 23 heavy (non-hydrogen) atoms. The number of nitrogens with one attached hydrogen (secondary N) is 1. The van der Waals surface area contributed by atoms with E-state index in [1.165, 1.54) is 6.07 Å². The number of hydrogen-bond acceptors (Lipinski definition) is 1. The smallest absolute Gasteiger partial charge is 0.220 e. The second kappa shape index (κ2) is 8.32. The highest BCUT2D eigenvalue weighted by molar-refractivity contribution is 6.42. The van der Waals surface area contributed by atoms with Gasteiger partial charge in [0.05, 0.1) is 10.0 Å². The van der Waals surface area contributed by atoms with Gasteiger partial charge in [-0.05, 0) is 43.0 Å². The van der Waals surface area contributed by atoms with Crippen molar-refractivity contribution in [2.24, 2.45) is 0 Å². The van der Waals surface area contributed by atoms with Crippen molar-refractivity contribution in [2.45, 2.75) is 32.2 Å². The standard InChI is InChI=1S/C18H18Cl2FNO/c1-12(11-14-5-2-3-8-16(14)21)22-17(23)10-9-13-6-4-7-15(19)18(13)20/h2-8,12H,9-11H2,1H3,(H,22,23). The van der Waals surface area contributed by atoms with E-state index in [0.29, 0.717) is 34.9 Å². The molecule has 1 N–H and O–H groups in total. The topological polar surface area (TPSA) is 29.1 Å². The predicted molar refractivity (Wildman–Crippen MR) is 92.5 cm³/mol. The van der Waals surface area contributed by atoms with E-state index in [9.17, 15) is 9.18 Å². The van der Waals surface area contributed by atoms with Gasteiger partial charge in [0.2, 0.25) is 5.91 Å². The molecule has 0 bridgehead atoms. The van der Waals surface area contributed by atoms with E-state index >= 15 is 0 Å². The van der Waals surface area contributed by atoms with Crippen LogP contribution in [0.3, 0.4) is 0 Å². The van der Waals surface area contributed by atoms with Gasteiger partial charge in [-0.2, -0.15) is 0 Å². The van der Waals surface area contributed by atoms with Crippen LogP contribution in [0.4, 0.5) is 4.39 Å². The van der Waals surface area contributed by atoms with E-state index in [1.807, 2.05) is 19.1 Å². The molecule has 1 atom stereocenters. The lowest BCUT2D eigenvalue weighted by Gasteiger charge is -2.14. The normalized spacial score (nSPS) is 12.0. The van der Waals surface area contributed by atoms with Crippen molar-refractivity contribution < 1.29 is 9.18 Å². The van der Waals surface area contributed by atoms with Gasteiger partial charge in [0.1, 0.15) is 5.82 Å². The van der Waals surface area contributed by atoms with Crippen molar-refractivity contribution in [3.8, 4) is 0 Å². The lowest BCUT2D eigenvalue weighted by atomic mass is 10.1. The molecule has 0 spiro atoms. The third-order valence-corrected chi connectivity index (χ3v) is 4.40. The van der Waals surface area contributed by atoms with E-state index < -0.39 is 0 Å². The van der Waals surface area contributed by atoms with Gasteiger partial charge >= 0.3 is 0 Å². The summed E-state index contributed by atoms with van der Waals surface area (Å²) in [5.74, 6) is -0.343. The molecule has 2 rings (SSSR count). The molecule has 0 fully saturated rings. The summed E-state index contributed by atoms with van der Waals surface area (Å²) in [5, 5.41) is 3.85. The Hall–Kier alpha value is -1.58. The van der Waals surface area contributed by atoms with Gasteiger partial charge < -0.3 is 5.32 Å². The third kappa shape index (κ3) is 5.22. The Morgan fingerprint density at radius 3 is 2.57 bits per heavy atom. The molecule has 1 amide bonds. The maximum absolute atomic E-state index is 13.6. The fraction of sp³-hybridized carbons (Fsp3) is 0.278. The van der Waals surface area contributed by atoms with Crippen LogP contribution in [0.1, 0.15) is 24.5 Å². The molecule has 1 unspecified atom stereocenters. The summed E-state index contributed by atoms with van der Waals surface area (Å²) < 4.78 is 13.6. The van der Waals surface area contributed by atoms with Gasteiger partial charge in [-0.3, -0.25) is 4.79 Å². The average Bonchev–Trinajstić information content (AvgIpc) is 2.51. The summed E-state index contributed by atoms with van der Waals surface area (Å²) in [7, 11) is 0. The fourth-order valence-corrected chi connectivity index (χ4v) is 2.80. The Labute approximate surface area is 145 Å². The molecule has 0 aromatic heterocycles. The highest BCUT2D eigenvalue weighted by atomic mass is 35.5. The van der Waals surface area contributed by atoms with Crippen molar-refractivity contribution >= 4 is 29.1 Å². The van der Waals surface area contributed by atoms with Crippen LogP contribution in [-0.2, 0) is 17.6 Å². The Morgan fingerprint density at radius 1 is 1.13 bits per heavy atom. The van der Waals surface area contributed by atoms with Gasteiger partial charge in [0, 0.05) is 12.5 Å². The van der Waals surface area contributed by atoms with Crippen LogP contribution in [0.25, 0.3) is 0 Å². The molecule has 5 heteroatoms. The zero-order chi connectivity index (χ0) is 16.8. The van der Waals surface area contributed by atoms with E-state index in [1.54, 1.807) is 24.3 Å². The van der Waals surface area contributed by atoms with Crippen LogP contribution in [0.5, 0.6) is 0 Å². The van der Waals surface area contributed by atoms with E-state index in [0.717, 1.165) is 5.56 Å². The molecule has 122 valence electrons. The van der Waals surface area contributed by atoms with Crippen LogP contribution in [0, 0.1) is 5.82 Å². The highest BCUT2D eigenvalue weighted by Gasteiger charge is 2.12. The molecule has 2 aromatic carbocycles. The minimum atomic E-state index is -0.251. The molecule has 0 aliphatic carbocycles. The first-order valence-corrected chi connectivity index (χ1v) is 8.18. The van der Waals surface area contributed by atoms with E-state index in [-0.39, 0.29) is 17.8 Å². The zero-order valence-corrected chi connectivity index (χ0v) is 14.3. The van der Waals surface area contributed by atoms with Crippen molar-refractivity contribution in [1.29, 1.82) is 0 Å². The Morgan fingerprint density at radius 2 is 1.83 bits per heavy atom.